The van der Waals surface area contributed by atoms with Crippen molar-refractivity contribution in [3.05, 3.63) is 58.9 Å². The van der Waals surface area contributed by atoms with Crippen LogP contribution in [0.25, 0.3) is 0 Å². The first-order valence-electron chi connectivity index (χ1n) is 8.55. The smallest absolute Gasteiger partial charge is 0.306 e. The van der Waals surface area contributed by atoms with Gasteiger partial charge < -0.3 is 14.8 Å². The van der Waals surface area contributed by atoms with Crippen molar-refractivity contribution in [1.82, 2.24) is 0 Å². The molecule has 0 aliphatic rings. The highest BCUT2D eigenvalue weighted by atomic mass is 35.5. The van der Waals surface area contributed by atoms with Crippen LogP contribution < -0.4 is 10.1 Å². The maximum Gasteiger partial charge on any atom is 0.306 e. The Kier molecular flexibility index (Phi) is 7.95. The van der Waals surface area contributed by atoms with Gasteiger partial charge >= 0.3 is 5.97 Å². The van der Waals surface area contributed by atoms with Crippen molar-refractivity contribution in [2.24, 2.45) is 0 Å². The van der Waals surface area contributed by atoms with E-state index >= 15 is 0 Å². The van der Waals surface area contributed by atoms with Gasteiger partial charge in [-0.05, 0) is 49.4 Å². The number of amides is 1. The highest BCUT2D eigenvalue weighted by Crippen LogP contribution is 2.22. The van der Waals surface area contributed by atoms with Crippen molar-refractivity contribution in [1.29, 1.82) is 0 Å². The molecule has 0 spiro atoms. The monoisotopic (exact) mass is 407 g/mol. The van der Waals surface area contributed by atoms with Crippen molar-refractivity contribution in [2.75, 3.05) is 18.5 Å². The Labute approximate surface area is 166 Å². The predicted molar refractivity (Wildman–Crippen MR) is 102 cm³/mol. The zero-order chi connectivity index (χ0) is 20.5. The molecule has 148 valence electrons. The molecule has 0 fully saturated rings. The minimum absolute atomic E-state index is 0.0284. The summed E-state index contributed by atoms with van der Waals surface area (Å²) < 4.78 is 23.1. The summed E-state index contributed by atoms with van der Waals surface area (Å²) in [6.45, 7) is 1.85. The molecule has 1 N–H and O–H groups in total. The quantitative estimate of drug-likeness (QED) is 0.501. The number of ether oxygens (including phenoxy) is 2. The lowest BCUT2D eigenvalue weighted by Crippen LogP contribution is -2.21. The summed E-state index contributed by atoms with van der Waals surface area (Å²) in [6.07, 6.45) is -0.200. The molecule has 0 saturated carbocycles. The number of carbonyl (C=O) groups is 3. The third-order valence-electron chi connectivity index (χ3n) is 3.61. The van der Waals surface area contributed by atoms with Crippen LogP contribution in [-0.2, 0) is 14.3 Å². The number of ketones is 1. The molecule has 2 rings (SSSR count). The van der Waals surface area contributed by atoms with Crippen LogP contribution in [0.3, 0.4) is 0 Å². The minimum Gasteiger partial charge on any atom is -0.494 e. The second-order valence-electron chi connectivity index (χ2n) is 5.71. The lowest BCUT2D eigenvalue weighted by molar-refractivity contribution is -0.147. The van der Waals surface area contributed by atoms with Crippen LogP contribution in [0, 0.1) is 5.82 Å². The van der Waals surface area contributed by atoms with E-state index in [1.54, 1.807) is 24.3 Å². The van der Waals surface area contributed by atoms with Gasteiger partial charge in [-0.25, -0.2) is 4.39 Å². The number of anilines is 1. The van der Waals surface area contributed by atoms with E-state index in [1.807, 2.05) is 6.92 Å². The standard InChI is InChI=1S/C20H19ClFNO5/c1-2-27-15-6-3-13(4-7-15)18(24)9-10-20(26)28-12-19(25)23-17-8-5-14(22)11-16(17)21/h3-8,11H,2,9-10,12H2,1H3,(H,23,25). The minimum atomic E-state index is -0.681. The Morgan fingerprint density at radius 1 is 1.07 bits per heavy atom. The summed E-state index contributed by atoms with van der Waals surface area (Å²) in [5, 5.41) is 2.43. The number of carbonyl (C=O) groups excluding carboxylic acids is 3. The molecule has 28 heavy (non-hydrogen) atoms. The average molecular weight is 408 g/mol. The van der Waals surface area contributed by atoms with Gasteiger partial charge in [0, 0.05) is 12.0 Å². The van der Waals surface area contributed by atoms with Crippen molar-refractivity contribution in [2.45, 2.75) is 19.8 Å². The largest absolute Gasteiger partial charge is 0.494 e. The topological polar surface area (TPSA) is 81.7 Å². The first-order valence-corrected chi connectivity index (χ1v) is 8.93. The van der Waals surface area contributed by atoms with Crippen molar-refractivity contribution in [3.8, 4) is 5.75 Å². The molecule has 0 aliphatic heterocycles. The molecule has 0 atom stereocenters. The highest BCUT2D eigenvalue weighted by molar-refractivity contribution is 6.33. The van der Waals surface area contributed by atoms with Gasteiger partial charge in [-0.1, -0.05) is 11.6 Å². The van der Waals surface area contributed by atoms with Gasteiger partial charge in [0.1, 0.15) is 11.6 Å². The summed E-state index contributed by atoms with van der Waals surface area (Å²) in [5.41, 5.74) is 0.662. The van der Waals surface area contributed by atoms with Gasteiger partial charge in [0.2, 0.25) is 0 Å². The van der Waals surface area contributed by atoms with Crippen LogP contribution in [0.5, 0.6) is 5.75 Å². The fourth-order valence-corrected chi connectivity index (χ4v) is 2.47. The molecule has 0 aromatic heterocycles. The number of hydrogen-bond acceptors (Lipinski definition) is 5. The number of rotatable bonds is 9. The Morgan fingerprint density at radius 2 is 1.79 bits per heavy atom. The maximum absolute atomic E-state index is 13.0. The van der Waals surface area contributed by atoms with Crippen LogP contribution in [0.4, 0.5) is 10.1 Å². The van der Waals surface area contributed by atoms with Crippen LogP contribution in [0.15, 0.2) is 42.5 Å². The van der Waals surface area contributed by atoms with E-state index in [1.165, 1.54) is 6.07 Å². The highest BCUT2D eigenvalue weighted by Gasteiger charge is 2.13. The van der Waals surface area contributed by atoms with Crippen molar-refractivity contribution >= 4 is 34.9 Å². The third kappa shape index (κ3) is 6.66. The van der Waals surface area contributed by atoms with E-state index in [4.69, 9.17) is 21.1 Å². The summed E-state index contributed by atoms with van der Waals surface area (Å²) in [5.74, 6) is -1.40. The number of Topliss-reactive ketones (excluding diaryl/α,β-unsaturated/α-hetero) is 1. The summed E-state index contributed by atoms with van der Waals surface area (Å²) in [7, 11) is 0. The Balaban J connectivity index is 1.74. The van der Waals surface area contributed by atoms with Crippen molar-refractivity contribution < 1.29 is 28.2 Å². The first-order chi connectivity index (χ1) is 13.4. The number of halogens is 2. The van der Waals surface area contributed by atoms with Crippen LogP contribution in [0.2, 0.25) is 5.02 Å². The maximum atomic E-state index is 13.0. The number of nitrogens with one attached hydrogen (secondary N) is 1. The Bertz CT molecular complexity index is 854. The van der Waals surface area contributed by atoms with E-state index in [-0.39, 0.29) is 29.3 Å². The zero-order valence-corrected chi connectivity index (χ0v) is 15.9. The molecule has 0 aliphatic carbocycles. The molecular formula is C20H19ClFNO5. The van der Waals surface area contributed by atoms with Crippen LogP contribution in [-0.4, -0.2) is 30.9 Å². The van der Waals surface area contributed by atoms with E-state index in [9.17, 15) is 18.8 Å². The summed E-state index contributed by atoms with van der Waals surface area (Å²) in [4.78, 5) is 35.6. The van der Waals surface area contributed by atoms with Gasteiger partial charge in [-0.2, -0.15) is 0 Å². The van der Waals surface area contributed by atoms with Crippen LogP contribution >= 0.6 is 11.6 Å². The van der Waals surface area contributed by atoms with Crippen LogP contribution in [0.1, 0.15) is 30.1 Å². The normalized spacial score (nSPS) is 10.2. The second-order valence-corrected chi connectivity index (χ2v) is 6.12. The molecule has 0 radical (unpaired) electrons. The van der Waals surface area contributed by atoms with E-state index in [0.29, 0.717) is 17.9 Å². The average Bonchev–Trinajstić information content (AvgIpc) is 2.67. The molecule has 8 heteroatoms. The number of hydrogen-bond donors (Lipinski definition) is 1. The summed E-state index contributed by atoms with van der Waals surface area (Å²) >= 11 is 5.80. The summed E-state index contributed by atoms with van der Waals surface area (Å²) in [6, 6.07) is 10.1. The lowest BCUT2D eigenvalue weighted by Gasteiger charge is -2.08. The molecule has 0 heterocycles. The molecule has 0 unspecified atom stereocenters. The molecule has 2 aromatic carbocycles. The van der Waals surface area contributed by atoms with E-state index in [0.717, 1.165) is 12.1 Å². The van der Waals surface area contributed by atoms with Gasteiger partial charge in [0.05, 0.1) is 23.7 Å². The first kappa shape index (κ1) is 21.4. The predicted octanol–water partition coefficient (Wildman–Crippen LogP) is 4.02. The van der Waals surface area contributed by atoms with Gasteiger partial charge in [-0.15, -0.1) is 0 Å². The van der Waals surface area contributed by atoms with Gasteiger partial charge in [-0.3, -0.25) is 14.4 Å². The van der Waals surface area contributed by atoms with Gasteiger partial charge in [0.25, 0.3) is 5.91 Å². The fourth-order valence-electron chi connectivity index (χ4n) is 2.26. The SMILES string of the molecule is CCOc1ccc(C(=O)CCC(=O)OCC(=O)Nc2ccc(F)cc2Cl)cc1. The number of benzene rings is 2. The molecule has 6 nitrogen and oxygen atoms in total. The molecule has 0 saturated heterocycles. The molecule has 0 bridgehead atoms. The molecular weight excluding hydrogens is 389 g/mol. The molecule has 2 aromatic rings. The van der Waals surface area contributed by atoms with E-state index in [2.05, 4.69) is 5.32 Å². The molecule has 1 amide bonds. The van der Waals surface area contributed by atoms with Gasteiger partial charge in [0.15, 0.2) is 12.4 Å². The zero-order valence-electron chi connectivity index (χ0n) is 15.2. The second kappa shape index (κ2) is 10.4. The number of esters is 1. The van der Waals surface area contributed by atoms with Crippen molar-refractivity contribution in [3.63, 3.8) is 0 Å². The Hall–Kier alpha value is -2.93. The Morgan fingerprint density at radius 3 is 2.43 bits per heavy atom. The van der Waals surface area contributed by atoms with E-state index < -0.39 is 24.3 Å². The fraction of sp³-hybridized carbons (Fsp3) is 0.250. The third-order valence-corrected chi connectivity index (χ3v) is 3.93. The lowest BCUT2D eigenvalue weighted by atomic mass is 10.1.